The molecule has 1 heterocycles. The molecule has 0 atom stereocenters. The van der Waals surface area contributed by atoms with Crippen molar-refractivity contribution in [2.45, 2.75) is 13.3 Å². The topological polar surface area (TPSA) is 48.5 Å². The Bertz CT molecular complexity index is 406. The quantitative estimate of drug-likeness (QED) is 0.811. The molecule has 5 nitrogen and oxygen atoms in total. The average molecular weight is 264 g/mol. The van der Waals surface area contributed by atoms with Crippen LogP contribution in [0.3, 0.4) is 0 Å². The fourth-order valence-corrected chi connectivity index (χ4v) is 1.55. The van der Waals surface area contributed by atoms with Crippen LogP contribution in [0.1, 0.15) is 23.8 Å². The van der Waals surface area contributed by atoms with Crippen molar-refractivity contribution < 1.29 is 4.79 Å². The second-order valence-corrected chi connectivity index (χ2v) is 4.86. The first kappa shape index (κ1) is 15.4. The van der Waals surface area contributed by atoms with E-state index < -0.39 is 0 Å². The smallest absolute Gasteiger partial charge is 0.272 e. The van der Waals surface area contributed by atoms with Crippen molar-refractivity contribution in [1.29, 1.82) is 0 Å². The molecule has 1 aromatic rings. The zero-order valence-corrected chi connectivity index (χ0v) is 12.3. The summed E-state index contributed by atoms with van der Waals surface area (Å²) in [6.07, 6.45) is 1.03. The molecule has 0 fully saturated rings. The van der Waals surface area contributed by atoms with Crippen LogP contribution in [0, 0.1) is 0 Å². The van der Waals surface area contributed by atoms with Crippen LogP contribution in [0.2, 0.25) is 0 Å². The Morgan fingerprint density at radius 2 is 2.00 bits per heavy atom. The van der Waals surface area contributed by atoms with E-state index in [-0.39, 0.29) is 5.91 Å². The van der Waals surface area contributed by atoms with Gasteiger partial charge in [-0.15, -0.1) is 0 Å². The first-order valence-electron chi connectivity index (χ1n) is 6.65. The number of carbonyl (C=O) groups excluding carboxylic acids is 1. The molecule has 106 valence electrons. The number of hydrogen-bond donors (Lipinski definition) is 1. The number of amides is 1. The fraction of sp³-hybridized carbons (Fsp3) is 0.571. The Labute approximate surface area is 115 Å². The summed E-state index contributed by atoms with van der Waals surface area (Å²) in [4.78, 5) is 20.3. The van der Waals surface area contributed by atoms with E-state index in [0.717, 1.165) is 25.3 Å². The van der Waals surface area contributed by atoms with Crippen LogP contribution in [0.25, 0.3) is 0 Å². The number of likely N-dealkylation sites (N-methyl/N-ethyl adjacent to an activating group) is 2. The van der Waals surface area contributed by atoms with Gasteiger partial charge < -0.3 is 15.1 Å². The summed E-state index contributed by atoms with van der Waals surface area (Å²) in [5.41, 5.74) is 0.488. The van der Waals surface area contributed by atoms with Gasteiger partial charge in [-0.3, -0.25) is 4.79 Å². The van der Waals surface area contributed by atoms with E-state index in [1.54, 1.807) is 18.0 Å². The Morgan fingerprint density at radius 3 is 2.63 bits per heavy atom. The van der Waals surface area contributed by atoms with Gasteiger partial charge in [0.05, 0.1) is 0 Å². The molecule has 19 heavy (non-hydrogen) atoms. The lowest BCUT2D eigenvalue weighted by atomic mass is 10.3. The first-order valence-corrected chi connectivity index (χ1v) is 6.65. The van der Waals surface area contributed by atoms with Gasteiger partial charge in [0, 0.05) is 26.7 Å². The van der Waals surface area contributed by atoms with Crippen molar-refractivity contribution in [3.8, 4) is 0 Å². The van der Waals surface area contributed by atoms with Crippen LogP contribution >= 0.6 is 0 Å². The second-order valence-electron chi connectivity index (χ2n) is 4.86. The lowest BCUT2D eigenvalue weighted by molar-refractivity contribution is 0.0780. The van der Waals surface area contributed by atoms with Crippen molar-refractivity contribution in [1.82, 2.24) is 14.8 Å². The number of nitrogens with zero attached hydrogens (tertiary/aromatic N) is 3. The lowest BCUT2D eigenvalue weighted by Gasteiger charge is -2.19. The Hall–Kier alpha value is -1.62. The van der Waals surface area contributed by atoms with E-state index in [9.17, 15) is 4.79 Å². The number of aromatic nitrogens is 1. The molecular weight excluding hydrogens is 240 g/mol. The molecule has 0 saturated carbocycles. The van der Waals surface area contributed by atoms with Crippen LogP contribution in [-0.2, 0) is 0 Å². The molecule has 1 rings (SSSR count). The summed E-state index contributed by atoms with van der Waals surface area (Å²) < 4.78 is 0. The second kappa shape index (κ2) is 7.74. The largest absolute Gasteiger partial charge is 0.370 e. The average Bonchev–Trinajstić information content (AvgIpc) is 2.41. The number of nitrogens with one attached hydrogen (secondary N) is 1. The molecule has 5 heteroatoms. The minimum absolute atomic E-state index is 0.0398. The molecule has 0 spiro atoms. The summed E-state index contributed by atoms with van der Waals surface area (Å²) in [6.45, 7) is 4.49. The van der Waals surface area contributed by atoms with Crippen LogP contribution in [0.5, 0.6) is 0 Å². The van der Waals surface area contributed by atoms with Crippen LogP contribution < -0.4 is 5.32 Å². The number of hydrogen-bond acceptors (Lipinski definition) is 4. The van der Waals surface area contributed by atoms with Crippen molar-refractivity contribution >= 4 is 11.7 Å². The Morgan fingerprint density at radius 1 is 1.26 bits per heavy atom. The maximum absolute atomic E-state index is 12.2. The molecule has 0 aliphatic carbocycles. The molecule has 0 unspecified atom stereocenters. The number of rotatable bonds is 7. The Balaban J connectivity index is 2.65. The highest BCUT2D eigenvalue weighted by Gasteiger charge is 2.13. The fourth-order valence-electron chi connectivity index (χ4n) is 1.55. The molecule has 0 bridgehead atoms. The highest BCUT2D eigenvalue weighted by molar-refractivity contribution is 5.92. The third-order valence-electron chi connectivity index (χ3n) is 2.75. The van der Waals surface area contributed by atoms with E-state index in [0.29, 0.717) is 12.2 Å². The van der Waals surface area contributed by atoms with Gasteiger partial charge in [0.1, 0.15) is 11.5 Å². The van der Waals surface area contributed by atoms with E-state index in [2.05, 4.69) is 22.1 Å². The van der Waals surface area contributed by atoms with Gasteiger partial charge in [-0.25, -0.2) is 4.98 Å². The van der Waals surface area contributed by atoms with E-state index >= 15 is 0 Å². The van der Waals surface area contributed by atoms with Gasteiger partial charge in [0.15, 0.2) is 0 Å². The molecule has 0 saturated heterocycles. The van der Waals surface area contributed by atoms with Gasteiger partial charge in [-0.2, -0.15) is 0 Å². The molecule has 1 N–H and O–H groups in total. The maximum atomic E-state index is 12.2. The minimum Gasteiger partial charge on any atom is -0.370 e. The monoisotopic (exact) mass is 264 g/mol. The van der Waals surface area contributed by atoms with Gasteiger partial charge in [0.25, 0.3) is 5.91 Å². The SMILES string of the molecule is CCCNc1cccc(C(=O)N(C)CCN(C)C)n1. The van der Waals surface area contributed by atoms with Crippen molar-refractivity contribution in [2.75, 3.05) is 46.1 Å². The standard InChI is InChI=1S/C14H24N4O/c1-5-9-15-13-8-6-7-12(16-13)14(19)18(4)11-10-17(2)3/h6-8H,5,9-11H2,1-4H3,(H,15,16). The van der Waals surface area contributed by atoms with Crippen LogP contribution in [0.15, 0.2) is 18.2 Å². The summed E-state index contributed by atoms with van der Waals surface area (Å²) in [5, 5.41) is 3.19. The number of pyridine rings is 1. The number of carbonyl (C=O) groups is 1. The molecule has 0 radical (unpaired) electrons. The van der Waals surface area contributed by atoms with Gasteiger partial charge in [0.2, 0.25) is 0 Å². The van der Waals surface area contributed by atoms with Gasteiger partial charge in [-0.1, -0.05) is 13.0 Å². The van der Waals surface area contributed by atoms with E-state index in [1.807, 2.05) is 26.2 Å². The summed E-state index contributed by atoms with van der Waals surface area (Å²) >= 11 is 0. The molecule has 0 aliphatic heterocycles. The normalized spacial score (nSPS) is 10.6. The van der Waals surface area contributed by atoms with Crippen LogP contribution in [0.4, 0.5) is 5.82 Å². The molecular formula is C14H24N4O. The molecule has 0 aliphatic rings. The third-order valence-corrected chi connectivity index (χ3v) is 2.75. The predicted octanol–water partition coefficient (Wildman–Crippen LogP) is 1.54. The first-order chi connectivity index (χ1) is 9.04. The number of anilines is 1. The molecule has 0 aromatic carbocycles. The van der Waals surface area contributed by atoms with E-state index in [4.69, 9.17) is 0 Å². The summed E-state index contributed by atoms with van der Waals surface area (Å²) in [5.74, 6) is 0.718. The van der Waals surface area contributed by atoms with Crippen molar-refractivity contribution in [3.05, 3.63) is 23.9 Å². The predicted molar refractivity (Wildman–Crippen MR) is 78.5 cm³/mol. The Kier molecular flexibility index (Phi) is 6.29. The van der Waals surface area contributed by atoms with Gasteiger partial charge >= 0.3 is 0 Å². The zero-order valence-electron chi connectivity index (χ0n) is 12.3. The molecule has 1 amide bonds. The van der Waals surface area contributed by atoms with Gasteiger partial charge in [-0.05, 0) is 32.6 Å². The van der Waals surface area contributed by atoms with Crippen molar-refractivity contribution in [2.24, 2.45) is 0 Å². The third kappa shape index (κ3) is 5.26. The summed E-state index contributed by atoms with van der Waals surface area (Å²) in [6, 6.07) is 5.50. The van der Waals surface area contributed by atoms with E-state index in [1.165, 1.54) is 0 Å². The van der Waals surface area contributed by atoms with Crippen LogP contribution in [-0.4, -0.2) is 61.5 Å². The molecule has 1 aromatic heterocycles. The van der Waals surface area contributed by atoms with Crippen molar-refractivity contribution in [3.63, 3.8) is 0 Å². The minimum atomic E-state index is -0.0398. The highest BCUT2D eigenvalue weighted by Crippen LogP contribution is 2.07. The summed E-state index contributed by atoms with van der Waals surface area (Å²) in [7, 11) is 5.79. The maximum Gasteiger partial charge on any atom is 0.272 e. The highest BCUT2D eigenvalue weighted by atomic mass is 16.2. The lowest BCUT2D eigenvalue weighted by Crippen LogP contribution is -2.34. The zero-order chi connectivity index (χ0) is 14.3.